The number of hydrogen-bond acceptors (Lipinski definition) is 9. The van der Waals surface area contributed by atoms with E-state index in [1.807, 2.05) is 13.8 Å². The van der Waals surface area contributed by atoms with Crippen LogP contribution < -0.4 is 16.4 Å². The summed E-state index contributed by atoms with van der Waals surface area (Å²) in [7, 11) is 0. The van der Waals surface area contributed by atoms with Gasteiger partial charge in [0.15, 0.2) is 5.69 Å². The van der Waals surface area contributed by atoms with Crippen molar-refractivity contribution in [3.63, 3.8) is 0 Å². The zero-order chi connectivity index (χ0) is 26.7. The molecule has 0 unspecified atom stereocenters. The molecule has 0 saturated heterocycles. The van der Waals surface area contributed by atoms with Crippen LogP contribution in [0, 0.1) is 5.92 Å². The van der Waals surface area contributed by atoms with Crippen LogP contribution in [0.4, 0.5) is 23.8 Å². The molecule has 4 rings (SSSR count). The number of amides is 2. The van der Waals surface area contributed by atoms with Crippen LogP contribution >= 0.6 is 11.3 Å². The first-order valence-electron chi connectivity index (χ1n) is 11.2. The molecule has 0 saturated carbocycles. The number of anilines is 1. The maximum atomic E-state index is 13.3. The molecular weight excluding hydrogens is 509 g/mol. The Kier molecular flexibility index (Phi) is 7.50. The maximum Gasteiger partial charge on any atom is 0.434 e. The summed E-state index contributed by atoms with van der Waals surface area (Å²) in [5, 5.41) is 14.2. The minimum absolute atomic E-state index is 0.0813. The summed E-state index contributed by atoms with van der Waals surface area (Å²) in [5.74, 6) is 0.693. The topological polar surface area (TPSA) is 145 Å². The number of carbonyl (C=O) groups is 1. The fourth-order valence-corrected chi connectivity index (χ4v) is 4.11. The fourth-order valence-electron chi connectivity index (χ4n) is 3.25. The first-order valence-corrected chi connectivity index (χ1v) is 12.1. The molecule has 0 fully saturated rings. The Labute approximate surface area is 213 Å². The highest BCUT2D eigenvalue weighted by Crippen LogP contribution is 2.39. The zero-order valence-corrected chi connectivity index (χ0v) is 20.8. The van der Waals surface area contributed by atoms with Gasteiger partial charge in [-0.05, 0) is 25.0 Å². The number of alkyl halides is 3. The predicted octanol–water partition coefficient (Wildman–Crippen LogP) is 5.13. The van der Waals surface area contributed by atoms with Gasteiger partial charge in [0.1, 0.15) is 10.8 Å². The third kappa shape index (κ3) is 5.91. The summed E-state index contributed by atoms with van der Waals surface area (Å²) in [6.07, 6.45) is -0.125. The van der Waals surface area contributed by atoms with E-state index in [0.717, 1.165) is 16.7 Å². The second kappa shape index (κ2) is 10.6. The average Bonchev–Trinajstić information content (AvgIpc) is 3.54. The molecule has 4 aromatic rings. The minimum Gasteiger partial charge on any atom is -0.419 e. The van der Waals surface area contributed by atoms with E-state index in [1.165, 1.54) is 24.7 Å². The normalized spacial score (nSPS) is 12.5. The van der Waals surface area contributed by atoms with Crippen molar-refractivity contribution in [2.45, 2.75) is 33.0 Å². The number of halogens is 3. The number of pyridine rings is 2. The number of nitrogens with one attached hydrogen (secondary N) is 2. The highest BCUT2D eigenvalue weighted by Gasteiger charge is 2.34. The molecule has 1 atom stereocenters. The first-order chi connectivity index (χ1) is 17.6. The van der Waals surface area contributed by atoms with E-state index in [1.54, 1.807) is 13.0 Å². The molecule has 194 valence electrons. The van der Waals surface area contributed by atoms with Gasteiger partial charge in [-0.2, -0.15) is 13.2 Å². The highest BCUT2D eigenvalue weighted by molar-refractivity contribution is 7.13. The summed E-state index contributed by atoms with van der Waals surface area (Å²) in [6.45, 7) is 5.99. The number of hydrogen-bond donors (Lipinski definition) is 3. The lowest BCUT2D eigenvalue weighted by Gasteiger charge is -2.11. The number of thiazole rings is 1. The Bertz CT molecular complexity index is 1400. The third-order valence-corrected chi connectivity index (χ3v) is 6.12. The van der Waals surface area contributed by atoms with E-state index < -0.39 is 23.9 Å². The Morgan fingerprint density at radius 2 is 1.89 bits per heavy atom. The number of carbonyl (C=O) groups excluding carboxylic acids is 1. The molecule has 0 bridgehead atoms. The summed E-state index contributed by atoms with van der Waals surface area (Å²) >= 11 is 0.824. The van der Waals surface area contributed by atoms with E-state index in [4.69, 9.17) is 10.2 Å². The van der Waals surface area contributed by atoms with Crippen molar-refractivity contribution in [2.75, 3.05) is 11.9 Å². The van der Waals surface area contributed by atoms with Crippen LogP contribution in [0.25, 0.3) is 33.2 Å². The van der Waals surface area contributed by atoms with Crippen molar-refractivity contribution >= 4 is 23.2 Å². The summed E-state index contributed by atoms with van der Waals surface area (Å²) < 4.78 is 45.5. The van der Waals surface area contributed by atoms with E-state index in [9.17, 15) is 18.0 Å². The van der Waals surface area contributed by atoms with Gasteiger partial charge < -0.3 is 15.5 Å². The average molecular weight is 533 g/mol. The van der Waals surface area contributed by atoms with Gasteiger partial charge >= 0.3 is 12.2 Å². The number of rotatable bonds is 7. The molecule has 0 radical (unpaired) electrons. The van der Waals surface area contributed by atoms with E-state index in [2.05, 4.69) is 35.8 Å². The van der Waals surface area contributed by atoms with Gasteiger partial charge in [0.2, 0.25) is 11.8 Å². The highest BCUT2D eigenvalue weighted by atomic mass is 32.1. The Morgan fingerprint density at radius 1 is 1.14 bits per heavy atom. The molecule has 10 nitrogen and oxygen atoms in total. The molecule has 0 aromatic carbocycles. The van der Waals surface area contributed by atoms with Crippen LogP contribution in [0.1, 0.15) is 38.4 Å². The molecule has 0 aliphatic heterocycles. The summed E-state index contributed by atoms with van der Waals surface area (Å²) in [5.41, 5.74) is 6.85. The number of nitrogens with zero attached hydrogens (tertiary/aromatic N) is 5. The minimum atomic E-state index is -4.60. The molecule has 4 aromatic heterocycles. The molecule has 37 heavy (non-hydrogen) atoms. The second-order valence-electron chi connectivity index (χ2n) is 8.31. The SMILES string of the molecule is CCNC(=O)Nc1cc(-c2nc(C(F)(F)F)cs2)c(-c2cncc(-c3nnc([C@H](N)C(C)C)o3)c2)cn1. The van der Waals surface area contributed by atoms with E-state index in [0.29, 0.717) is 28.8 Å². The quantitative estimate of drug-likeness (QED) is 0.297. The van der Waals surface area contributed by atoms with Crippen molar-refractivity contribution in [1.29, 1.82) is 0 Å². The van der Waals surface area contributed by atoms with Crippen LogP contribution in [-0.2, 0) is 6.18 Å². The van der Waals surface area contributed by atoms with Gasteiger partial charge in [0, 0.05) is 47.2 Å². The monoisotopic (exact) mass is 532 g/mol. The lowest BCUT2D eigenvalue weighted by atomic mass is 10.0. The molecule has 4 N–H and O–H groups in total. The summed E-state index contributed by atoms with van der Waals surface area (Å²) in [6, 6.07) is 2.22. The zero-order valence-electron chi connectivity index (χ0n) is 20.0. The Morgan fingerprint density at radius 3 is 2.57 bits per heavy atom. The molecule has 4 heterocycles. The number of aromatic nitrogens is 5. The first kappa shape index (κ1) is 26.2. The van der Waals surface area contributed by atoms with Crippen molar-refractivity contribution in [3.05, 3.63) is 47.7 Å². The second-order valence-corrected chi connectivity index (χ2v) is 9.17. The van der Waals surface area contributed by atoms with Crippen LogP contribution in [0.2, 0.25) is 0 Å². The van der Waals surface area contributed by atoms with Gasteiger partial charge in [-0.3, -0.25) is 10.3 Å². The van der Waals surface area contributed by atoms with Crippen LogP contribution in [0.5, 0.6) is 0 Å². The van der Waals surface area contributed by atoms with Gasteiger partial charge in [-0.15, -0.1) is 21.5 Å². The van der Waals surface area contributed by atoms with Crippen LogP contribution in [0.15, 0.2) is 40.5 Å². The molecule has 2 amide bonds. The lowest BCUT2D eigenvalue weighted by Crippen LogP contribution is -2.28. The van der Waals surface area contributed by atoms with Gasteiger partial charge in [-0.25, -0.2) is 14.8 Å². The van der Waals surface area contributed by atoms with Gasteiger partial charge in [0.05, 0.1) is 11.6 Å². The lowest BCUT2D eigenvalue weighted by molar-refractivity contribution is -0.140. The molecule has 14 heteroatoms. The van der Waals surface area contributed by atoms with Gasteiger partial charge in [-0.1, -0.05) is 13.8 Å². The predicted molar refractivity (Wildman–Crippen MR) is 131 cm³/mol. The van der Waals surface area contributed by atoms with Crippen molar-refractivity contribution in [3.8, 4) is 33.2 Å². The van der Waals surface area contributed by atoms with Crippen molar-refractivity contribution in [1.82, 2.24) is 30.5 Å². The van der Waals surface area contributed by atoms with E-state index in [-0.39, 0.29) is 28.5 Å². The molecule has 0 aliphatic rings. The number of nitrogens with two attached hydrogens (primary N) is 1. The van der Waals surface area contributed by atoms with Crippen molar-refractivity contribution in [2.24, 2.45) is 11.7 Å². The smallest absolute Gasteiger partial charge is 0.419 e. The Balaban J connectivity index is 1.77. The Hall–Kier alpha value is -3.91. The molecule has 0 spiro atoms. The van der Waals surface area contributed by atoms with Crippen molar-refractivity contribution < 1.29 is 22.4 Å². The maximum absolute atomic E-state index is 13.3. The van der Waals surface area contributed by atoms with E-state index >= 15 is 0 Å². The third-order valence-electron chi connectivity index (χ3n) is 5.25. The largest absolute Gasteiger partial charge is 0.434 e. The molecular formula is C23H23F3N8O2S. The molecule has 0 aliphatic carbocycles. The standard InChI is InChI=1S/C23H23F3N8O2S/c1-4-29-22(35)32-17-6-14(21-31-16(10-37-21)23(24,25)26)15(9-30-17)12-5-13(8-28-7-12)19-33-34-20(36-19)18(27)11(2)3/h5-11,18H,4,27H2,1-3H3,(H2,29,30,32,35)/t18-/m1/s1. The summed E-state index contributed by atoms with van der Waals surface area (Å²) in [4.78, 5) is 24.2. The van der Waals surface area contributed by atoms with Gasteiger partial charge in [0.25, 0.3) is 0 Å². The van der Waals surface area contributed by atoms with Crippen LogP contribution in [0.3, 0.4) is 0 Å². The fraction of sp³-hybridized carbons (Fsp3) is 0.304. The number of urea groups is 1. The van der Waals surface area contributed by atoms with Crippen LogP contribution in [-0.4, -0.2) is 37.7 Å².